The third-order valence-electron chi connectivity index (χ3n) is 3.17. The molecule has 0 bridgehead atoms. The summed E-state index contributed by atoms with van der Waals surface area (Å²) in [6, 6.07) is 0. The minimum atomic E-state index is -1.96. The van der Waals surface area contributed by atoms with E-state index in [1.54, 1.807) is 0 Å². The zero-order valence-corrected chi connectivity index (χ0v) is 15.0. The van der Waals surface area contributed by atoms with Crippen molar-refractivity contribution in [3.63, 3.8) is 0 Å². The van der Waals surface area contributed by atoms with Crippen molar-refractivity contribution in [1.29, 1.82) is 0 Å². The Morgan fingerprint density at radius 2 is 1.38 bits per heavy atom. The number of hydrogen-bond donors (Lipinski definition) is 0. The van der Waals surface area contributed by atoms with Crippen LogP contribution in [0.25, 0.3) is 0 Å². The molecule has 0 amide bonds. The van der Waals surface area contributed by atoms with Gasteiger partial charge in [0.05, 0.1) is 26.1 Å². The Kier molecular flexibility index (Phi) is 10.7. The number of hydrogen-bond acceptors (Lipinski definition) is 7. The van der Waals surface area contributed by atoms with Crippen LogP contribution in [0.1, 0.15) is 66.2 Å². The summed E-state index contributed by atoms with van der Waals surface area (Å²) in [5.41, 5.74) is -1.96. The predicted molar refractivity (Wildman–Crippen MR) is 86.1 cm³/mol. The van der Waals surface area contributed by atoms with Gasteiger partial charge in [0.1, 0.15) is 5.78 Å². The Morgan fingerprint density at radius 1 is 0.833 bits per heavy atom. The maximum absolute atomic E-state index is 12.4. The molecule has 0 heterocycles. The first-order valence-electron chi connectivity index (χ1n) is 8.29. The standard InChI is InChI=1S/C17H28O7/c1-5-7-9-22-15(20)12-17(11-13(3)18,24-14(4)19)16(21)23-10-8-6-2/h5-12H2,1-4H3. The highest BCUT2D eigenvalue weighted by Crippen LogP contribution is 2.25. The third-order valence-corrected chi connectivity index (χ3v) is 3.17. The molecule has 0 aliphatic carbocycles. The summed E-state index contributed by atoms with van der Waals surface area (Å²) in [5.74, 6) is -2.78. The minimum absolute atomic E-state index is 0.126. The van der Waals surface area contributed by atoms with Crippen molar-refractivity contribution in [2.24, 2.45) is 0 Å². The van der Waals surface area contributed by atoms with Crippen LogP contribution in [0.3, 0.4) is 0 Å². The fourth-order valence-electron chi connectivity index (χ4n) is 2.05. The van der Waals surface area contributed by atoms with Crippen molar-refractivity contribution in [2.45, 2.75) is 71.8 Å². The van der Waals surface area contributed by atoms with Gasteiger partial charge in [-0.2, -0.15) is 0 Å². The van der Waals surface area contributed by atoms with Gasteiger partial charge in [-0.15, -0.1) is 0 Å². The quantitative estimate of drug-likeness (QED) is 0.304. The molecule has 1 unspecified atom stereocenters. The second-order valence-corrected chi connectivity index (χ2v) is 5.71. The van der Waals surface area contributed by atoms with Crippen LogP contribution < -0.4 is 0 Å². The monoisotopic (exact) mass is 344 g/mol. The Bertz CT molecular complexity index is 426. The van der Waals surface area contributed by atoms with Gasteiger partial charge >= 0.3 is 17.9 Å². The predicted octanol–water partition coefficient (Wildman–Crippen LogP) is 2.34. The van der Waals surface area contributed by atoms with E-state index in [4.69, 9.17) is 14.2 Å². The van der Waals surface area contributed by atoms with Crippen molar-refractivity contribution in [3.8, 4) is 0 Å². The average Bonchev–Trinajstić information content (AvgIpc) is 2.46. The topological polar surface area (TPSA) is 96.0 Å². The maximum atomic E-state index is 12.4. The van der Waals surface area contributed by atoms with Crippen molar-refractivity contribution in [3.05, 3.63) is 0 Å². The molecule has 7 heteroatoms. The van der Waals surface area contributed by atoms with Crippen molar-refractivity contribution < 1.29 is 33.4 Å². The van der Waals surface area contributed by atoms with Crippen LogP contribution in [0.2, 0.25) is 0 Å². The number of unbranched alkanes of at least 4 members (excludes halogenated alkanes) is 2. The fourth-order valence-corrected chi connectivity index (χ4v) is 2.05. The number of ether oxygens (including phenoxy) is 3. The van der Waals surface area contributed by atoms with Crippen LogP contribution in [0, 0.1) is 0 Å². The van der Waals surface area contributed by atoms with Gasteiger partial charge in [0, 0.05) is 6.92 Å². The van der Waals surface area contributed by atoms with Crippen LogP contribution in [0.4, 0.5) is 0 Å². The van der Waals surface area contributed by atoms with Gasteiger partial charge in [-0.3, -0.25) is 14.4 Å². The zero-order valence-electron chi connectivity index (χ0n) is 15.0. The largest absolute Gasteiger partial charge is 0.466 e. The smallest absolute Gasteiger partial charge is 0.351 e. The second kappa shape index (κ2) is 11.6. The number of carbonyl (C=O) groups excluding carboxylic acids is 4. The molecule has 138 valence electrons. The van der Waals surface area contributed by atoms with E-state index in [0.717, 1.165) is 19.8 Å². The van der Waals surface area contributed by atoms with E-state index in [0.29, 0.717) is 12.8 Å². The van der Waals surface area contributed by atoms with Crippen LogP contribution in [0.15, 0.2) is 0 Å². The average molecular weight is 344 g/mol. The number of rotatable bonds is 12. The molecule has 0 saturated carbocycles. The molecule has 0 N–H and O–H groups in total. The van der Waals surface area contributed by atoms with Crippen molar-refractivity contribution >= 4 is 23.7 Å². The van der Waals surface area contributed by atoms with E-state index < -0.39 is 42.1 Å². The summed E-state index contributed by atoms with van der Waals surface area (Å²) in [4.78, 5) is 47.4. The summed E-state index contributed by atoms with van der Waals surface area (Å²) < 4.78 is 15.2. The Balaban J connectivity index is 5.24. The molecule has 7 nitrogen and oxygen atoms in total. The minimum Gasteiger partial charge on any atom is -0.466 e. The lowest BCUT2D eigenvalue weighted by molar-refractivity contribution is -0.187. The molecule has 0 aromatic heterocycles. The first-order chi connectivity index (χ1) is 11.3. The lowest BCUT2D eigenvalue weighted by atomic mass is 9.93. The number of ketones is 1. The normalized spacial score (nSPS) is 12.8. The molecule has 0 fully saturated rings. The molecular weight excluding hydrogens is 316 g/mol. The Morgan fingerprint density at radius 3 is 1.83 bits per heavy atom. The molecule has 0 saturated heterocycles. The summed E-state index contributed by atoms with van der Waals surface area (Å²) in [6.45, 7) is 6.56. The van der Waals surface area contributed by atoms with Gasteiger partial charge in [0.15, 0.2) is 0 Å². The number of carbonyl (C=O) groups is 4. The van der Waals surface area contributed by atoms with E-state index >= 15 is 0 Å². The molecule has 0 aliphatic heterocycles. The first kappa shape index (κ1) is 22.1. The van der Waals surface area contributed by atoms with E-state index in [2.05, 4.69) is 0 Å². The molecule has 0 spiro atoms. The third kappa shape index (κ3) is 8.64. The molecule has 24 heavy (non-hydrogen) atoms. The first-order valence-corrected chi connectivity index (χ1v) is 8.29. The summed E-state index contributed by atoms with van der Waals surface area (Å²) in [5, 5.41) is 0. The Hall–Kier alpha value is -1.92. The van der Waals surface area contributed by atoms with Crippen molar-refractivity contribution in [2.75, 3.05) is 13.2 Å². The number of esters is 3. The van der Waals surface area contributed by atoms with Gasteiger partial charge in [-0.1, -0.05) is 26.7 Å². The molecule has 0 radical (unpaired) electrons. The van der Waals surface area contributed by atoms with Gasteiger partial charge < -0.3 is 14.2 Å². The van der Waals surface area contributed by atoms with E-state index in [-0.39, 0.29) is 13.2 Å². The number of Topliss-reactive ketones (excluding diaryl/α,β-unsaturated/α-hetero) is 1. The highest BCUT2D eigenvalue weighted by Gasteiger charge is 2.47. The zero-order chi connectivity index (χ0) is 18.6. The van der Waals surface area contributed by atoms with Crippen LogP contribution >= 0.6 is 0 Å². The summed E-state index contributed by atoms with van der Waals surface area (Å²) in [7, 11) is 0. The summed E-state index contributed by atoms with van der Waals surface area (Å²) >= 11 is 0. The summed E-state index contributed by atoms with van der Waals surface area (Å²) in [6.07, 6.45) is 1.98. The van der Waals surface area contributed by atoms with Crippen LogP contribution in [-0.4, -0.2) is 42.5 Å². The lowest BCUT2D eigenvalue weighted by Crippen LogP contribution is -2.48. The van der Waals surface area contributed by atoms with Gasteiger partial charge in [-0.25, -0.2) is 4.79 Å². The second-order valence-electron chi connectivity index (χ2n) is 5.71. The van der Waals surface area contributed by atoms with Gasteiger partial charge in [0.2, 0.25) is 5.60 Å². The van der Waals surface area contributed by atoms with E-state index in [1.165, 1.54) is 6.92 Å². The molecular formula is C17H28O7. The fraction of sp³-hybridized carbons (Fsp3) is 0.765. The van der Waals surface area contributed by atoms with Crippen LogP contribution in [0.5, 0.6) is 0 Å². The molecule has 1 atom stereocenters. The van der Waals surface area contributed by atoms with Crippen molar-refractivity contribution in [1.82, 2.24) is 0 Å². The van der Waals surface area contributed by atoms with Gasteiger partial charge in [0.25, 0.3) is 0 Å². The molecule has 0 aliphatic rings. The van der Waals surface area contributed by atoms with Gasteiger partial charge in [-0.05, 0) is 19.8 Å². The van der Waals surface area contributed by atoms with Crippen LogP contribution in [-0.2, 0) is 33.4 Å². The molecule has 0 aromatic carbocycles. The maximum Gasteiger partial charge on any atom is 0.351 e. The lowest BCUT2D eigenvalue weighted by Gasteiger charge is -2.29. The van der Waals surface area contributed by atoms with E-state index in [9.17, 15) is 19.2 Å². The van der Waals surface area contributed by atoms with E-state index in [1.807, 2.05) is 13.8 Å². The molecule has 0 aromatic rings. The SMILES string of the molecule is CCCCOC(=O)CC(CC(C)=O)(OC(C)=O)C(=O)OCCCC. The Labute approximate surface area is 143 Å². The molecule has 0 rings (SSSR count). The highest BCUT2D eigenvalue weighted by molar-refractivity contribution is 5.93. The highest BCUT2D eigenvalue weighted by atomic mass is 16.6.